The number of ether oxygens (including phenoxy) is 1. The molecule has 3 fully saturated rings. The van der Waals surface area contributed by atoms with Crippen molar-refractivity contribution in [2.24, 2.45) is 17.8 Å². The molecule has 2 aliphatic heterocycles. The summed E-state index contributed by atoms with van der Waals surface area (Å²) in [7, 11) is 0. The van der Waals surface area contributed by atoms with E-state index >= 15 is 0 Å². The molecule has 0 radical (unpaired) electrons. The van der Waals surface area contributed by atoms with E-state index in [0.717, 1.165) is 110 Å². The van der Waals surface area contributed by atoms with Crippen molar-refractivity contribution in [3.05, 3.63) is 60.7 Å². The molecule has 0 spiro atoms. The Kier molecular flexibility index (Phi) is 10.6. The SMILES string of the molecule is CC(=O)OC1CCC(C(=O)N2CCC(CC(=O)N3CCC([C@H]4c5ncc(Br)cc5CCc5cc(Cl)cc(Br)c54)CC3)CC2)CC1. The number of esters is 1. The van der Waals surface area contributed by atoms with Gasteiger partial charge in [-0.2, -0.15) is 0 Å². The fourth-order valence-corrected chi connectivity index (χ4v) is 9.67. The predicted octanol–water partition coefficient (Wildman–Crippen LogP) is 7.48. The van der Waals surface area contributed by atoms with E-state index in [0.29, 0.717) is 18.3 Å². The van der Waals surface area contributed by atoms with Gasteiger partial charge in [0.1, 0.15) is 6.10 Å². The lowest BCUT2D eigenvalue weighted by atomic mass is 9.76. The van der Waals surface area contributed by atoms with Crippen LogP contribution in [0, 0.1) is 17.8 Å². The van der Waals surface area contributed by atoms with Crippen LogP contribution in [0.3, 0.4) is 0 Å². The Bertz CT molecular complexity index is 1430. The van der Waals surface area contributed by atoms with Gasteiger partial charge in [0.05, 0.1) is 5.69 Å². The lowest BCUT2D eigenvalue weighted by Gasteiger charge is -2.39. The number of likely N-dealkylation sites (tertiary alicyclic amines) is 2. The largest absolute Gasteiger partial charge is 0.463 e. The van der Waals surface area contributed by atoms with Crippen LogP contribution in [0.25, 0.3) is 0 Å². The Morgan fingerprint density at radius 1 is 0.889 bits per heavy atom. The zero-order valence-electron chi connectivity index (χ0n) is 25.9. The van der Waals surface area contributed by atoms with Gasteiger partial charge in [0.25, 0.3) is 0 Å². The smallest absolute Gasteiger partial charge is 0.302 e. The first-order valence-corrected chi connectivity index (χ1v) is 18.5. The molecule has 6 rings (SSSR count). The maximum absolute atomic E-state index is 13.5. The number of amides is 2. The molecule has 0 N–H and O–H groups in total. The second-order valence-corrected chi connectivity index (χ2v) is 15.6. The highest BCUT2D eigenvalue weighted by molar-refractivity contribution is 9.10. The number of pyridine rings is 1. The average Bonchev–Trinajstić information content (AvgIpc) is 3.18. The molecule has 1 aromatic carbocycles. The summed E-state index contributed by atoms with van der Waals surface area (Å²) in [4.78, 5) is 46.9. The molecule has 10 heteroatoms. The van der Waals surface area contributed by atoms with Crippen molar-refractivity contribution < 1.29 is 19.1 Å². The molecule has 0 unspecified atom stereocenters. The molecule has 242 valence electrons. The number of fused-ring (bicyclic) bond motifs is 2. The van der Waals surface area contributed by atoms with Gasteiger partial charge in [-0.05, 0) is 127 Å². The van der Waals surface area contributed by atoms with Crippen LogP contribution in [0.5, 0.6) is 0 Å². The Morgan fingerprint density at radius 2 is 1.56 bits per heavy atom. The Balaban J connectivity index is 1.02. The van der Waals surface area contributed by atoms with E-state index in [1.807, 2.05) is 17.2 Å². The fraction of sp³-hybridized carbons (Fsp3) is 0.600. The van der Waals surface area contributed by atoms with Crippen LogP contribution in [0.15, 0.2) is 33.3 Å². The van der Waals surface area contributed by atoms with Gasteiger partial charge in [0.15, 0.2) is 0 Å². The highest BCUT2D eigenvalue weighted by Gasteiger charge is 2.37. The Hall–Kier alpha value is -1.97. The number of carbonyl (C=O) groups excluding carboxylic acids is 3. The van der Waals surface area contributed by atoms with E-state index < -0.39 is 0 Å². The third kappa shape index (κ3) is 7.62. The summed E-state index contributed by atoms with van der Waals surface area (Å²) in [6.07, 6.45) is 11.0. The molecule has 2 saturated heterocycles. The van der Waals surface area contributed by atoms with Gasteiger partial charge in [-0.3, -0.25) is 19.4 Å². The Labute approximate surface area is 288 Å². The number of nitrogens with zero attached hydrogens (tertiary/aromatic N) is 3. The van der Waals surface area contributed by atoms with Crippen molar-refractivity contribution >= 4 is 61.2 Å². The number of piperidine rings is 2. The summed E-state index contributed by atoms with van der Waals surface area (Å²) in [5.74, 6) is 1.13. The van der Waals surface area contributed by atoms with E-state index in [1.54, 1.807) is 0 Å². The minimum Gasteiger partial charge on any atom is -0.463 e. The molecular formula is C35H42Br2ClN3O4. The number of hydrogen-bond acceptors (Lipinski definition) is 5. The van der Waals surface area contributed by atoms with Crippen LogP contribution >= 0.6 is 43.5 Å². The zero-order chi connectivity index (χ0) is 31.7. The maximum Gasteiger partial charge on any atom is 0.302 e. The number of hydrogen-bond donors (Lipinski definition) is 0. The Morgan fingerprint density at radius 3 is 2.24 bits per heavy atom. The number of benzene rings is 1. The molecule has 1 aromatic heterocycles. The molecule has 4 aliphatic rings. The standard InChI is InChI=1S/C35H42Br2ClN3O4/c1-21(42)45-29-6-4-24(5-7-29)35(44)41-12-8-22(9-13-41)16-31(43)40-14-10-23(11-15-40)33-32-25(18-28(38)19-30(32)37)2-3-26-17-27(36)20-39-34(26)33/h17-20,22-24,29,33H,2-16H2,1H3/t24?,29?,33-/m1/s1. The summed E-state index contributed by atoms with van der Waals surface area (Å²) in [6.45, 7) is 4.42. The van der Waals surface area contributed by atoms with Crippen molar-refractivity contribution in [1.29, 1.82) is 0 Å². The van der Waals surface area contributed by atoms with Crippen molar-refractivity contribution in [2.75, 3.05) is 26.2 Å². The van der Waals surface area contributed by atoms with Crippen LogP contribution in [0.2, 0.25) is 5.02 Å². The number of carbonyl (C=O) groups is 3. The van der Waals surface area contributed by atoms with Crippen molar-refractivity contribution in [3.8, 4) is 0 Å². The number of aryl methyl sites for hydroxylation is 2. The third-order valence-electron chi connectivity index (χ3n) is 10.5. The van der Waals surface area contributed by atoms with Gasteiger partial charge in [0.2, 0.25) is 11.8 Å². The summed E-state index contributed by atoms with van der Waals surface area (Å²) >= 11 is 14.0. The molecule has 45 heavy (non-hydrogen) atoms. The first kappa shape index (κ1) is 33.0. The fourth-order valence-electron chi connectivity index (χ4n) is 8.17. The normalized spacial score (nSPS) is 24.4. The lowest BCUT2D eigenvalue weighted by molar-refractivity contribution is -0.149. The van der Waals surface area contributed by atoms with Crippen LogP contribution in [0.1, 0.15) is 93.0 Å². The van der Waals surface area contributed by atoms with Gasteiger partial charge in [0, 0.05) is 71.5 Å². The molecule has 1 atom stereocenters. The van der Waals surface area contributed by atoms with Crippen molar-refractivity contribution in [3.63, 3.8) is 0 Å². The van der Waals surface area contributed by atoms with E-state index in [2.05, 4.69) is 48.9 Å². The summed E-state index contributed by atoms with van der Waals surface area (Å²) < 4.78 is 7.39. The van der Waals surface area contributed by atoms with Gasteiger partial charge >= 0.3 is 5.97 Å². The second kappa shape index (κ2) is 14.4. The lowest BCUT2D eigenvalue weighted by Crippen LogP contribution is -2.45. The molecule has 0 bridgehead atoms. The van der Waals surface area contributed by atoms with Crippen molar-refractivity contribution in [1.82, 2.24) is 14.8 Å². The summed E-state index contributed by atoms with van der Waals surface area (Å²) in [5.41, 5.74) is 5.03. The molecule has 2 amide bonds. The van der Waals surface area contributed by atoms with Gasteiger partial charge in [-0.1, -0.05) is 27.5 Å². The van der Waals surface area contributed by atoms with Crippen LogP contribution < -0.4 is 0 Å². The van der Waals surface area contributed by atoms with Gasteiger partial charge in [-0.25, -0.2) is 0 Å². The predicted molar refractivity (Wildman–Crippen MR) is 181 cm³/mol. The number of halogens is 3. The van der Waals surface area contributed by atoms with E-state index in [9.17, 15) is 14.4 Å². The van der Waals surface area contributed by atoms with Gasteiger partial charge < -0.3 is 14.5 Å². The molecule has 3 heterocycles. The molecule has 2 aromatic rings. The third-order valence-corrected chi connectivity index (χ3v) is 11.8. The monoisotopic (exact) mass is 761 g/mol. The highest BCUT2D eigenvalue weighted by Crippen LogP contribution is 2.46. The van der Waals surface area contributed by atoms with E-state index in [1.165, 1.54) is 23.6 Å². The molecular weight excluding hydrogens is 722 g/mol. The second-order valence-electron chi connectivity index (χ2n) is 13.4. The molecule has 2 aliphatic carbocycles. The number of aromatic nitrogens is 1. The average molecular weight is 764 g/mol. The molecule has 1 saturated carbocycles. The minimum absolute atomic E-state index is 0.0259. The first-order valence-electron chi connectivity index (χ1n) is 16.5. The van der Waals surface area contributed by atoms with Crippen LogP contribution in [-0.2, 0) is 32.0 Å². The van der Waals surface area contributed by atoms with Crippen molar-refractivity contribution in [2.45, 2.75) is 89.6 Å². The quantitative estimate of drug-likeness (QED) is 0.296. The van der Waals surface area contributed by atoms with E-state index in [4.69, 9.17) is 21.3 Å². The van der Waals surface area contributed by atoms with Crippen LogP contribution in [-0.4, -0.2) is 64.9 Å². The summed E-state index contributed by atoms with van der Waals surface area (Å²) in [5, 5.41) is 0.749. The minimum atomic E-state index is -0.244. The first-order chi connectivity index (χ1) is 21.7. The van der Waals surface area contributed by atoms with Crippen LogP contribution in [0.4, 0.5) is 0 Å². The highest BCUT2D eigenvalue weighted by atomic mass is 79.9. The maximum atomic E-state index is 13.5. The molecule has 7 nitrogen and oxygen atoms in total. The zero-order valence-corrected chi connectivity index (χ0v) is 29.8. The summed E-state index contributed by atoms with van der Waals surface area (Å²) in [6, 6.07) is 6.33. The number of rotatable bonds is 5. The van der Waals surface area contributed by atoms with E-state index in [-0.39, 0.29) is 35.7 Å². The van der Waals surface area contributed by atoms with Gasteiger partial charge in [-0.15, -0.1) is 0 Å². The topological polar surface area (TPSA) is 79.8 Å².